The molecule has 122 valence electrons. The van der Waals surface area contributed by atoms with Gasteiger partial charge in [-0.05, 0) is 42.3 Å². The second-order valence-corrected chi connectivity index (χ2v) is 5.82. The Morgan fingerprint density at radius 1 is 1.04 bits per heavy atom. The highest BCUT2D eigenvalue weighted by Gasteiger charge is 2.03. The number of carbonyl (C=O) groups is 1. The number of aryl methyl sites for hydroxylation is 1. The predicted molar refractivity (Wildman–Crippen MR) is 96.9 cm³/mol. The molecule has 0 spiro atoms. The summed E-state index contributed by atoms with van der Waals surface area (Å²) in [5.74, 6) is 0.0608. The molecule has 0 aliphatic carbocycles. The van der Waals surface area contributed by atoms with Gasteiger partial charge in [-0.1, -0.05) is 24.3 Å². The number of amides is 1. The van der Waals surface area contributed by atoms with Gasteiger partial charge in [-0.3, -0.25) is 4.79 Å². The van der Waals surface area contributed by atoms with Crippen molar-refractivity contribution < 1.29 is 4.79 Å². The number of hydrogen-bond donors (Lipinski definition) is 2. The van der Waals surface area contributed by atoms with Crippen LogP contribution in [-0.4, -0.2) is 26.5 Å². The van der Waals surface area contributed by atoms with Crippen LogP contribution in [0.3, 0.4) is 0 Å². The summed E-state index contributed by atoms with van der Waals surface area (Å²) >= 11 is 0. The number of hydrogen-bond acceptors (Lipinski definition) is 3. The minimum absolute atomic E-state index is 0.0608. The molecule has 0 fully saturated rings. The van der Waals surface area contributed by atoms with Gasteiger partial charge in [-0.25, -0.2) is 0 Å². The van der Waals surface area contributed by atoms with E-state index >= 15 is 0 Å². The molecule has 2 N–H and O–H groups in total. The number of nitrogens with zero attached hydrogens (tertiary/aromatic N) is 1. The fourth-order valence-electron chi connectivity index (χ4n) is 2.29. The van der Waals surface area contributed by atoms with Gasteiger partial charge in [0, 0.05) is 45.0 Å². The molecule has 2 rings (SSSR count). The number of anilines is 2. The van der Waals surface area contributed by atoms with Gasteiger partial charge in [-0.15, -0.1) is 0 Å². The molecule has 0 aromatic heterocycles. The summed E-state index contributed by atoms with van der Waals surface area (Å²) in [6.45, 7) is 3.27. The molecule has 0 radical (unpaired) electrons. The van der Waals surface area contributed by atoms with E-state index in [2.05, 4.69) is 40.7 Å². The maximum atomic E-state index is 11.9. The Morgan fingerprint density at radius 3 is 2.39 bits per heavy atom. The SMILES string of the molecule is Cc1ccccc1CNC(=O)CCNc1ccc(N(C)C)cc1. The van der Waals surface area contributed by atoms with Gasteiger partial charge in [-0.2, -0.15) is 0 Å². The third-order valence-electron chi connectivity index (χ3n) is 3.80. The maximum absolute atomic E-state index is 11.9. The Labute approximate surface area is 138 Å². The van der Waals surface area contributed by atoms with Gasteiger partial charge in [0.15, 0.2) is 0 Å². The van der Waals surface area contributed by atoms with E-state index in [9.17, 15) is 4.79 Å². The maximum Gasteiger partial charge on any atom is 0.222 e. The van der Waals surface area contributed by atoms with Crippen molar-refractivity contribution in [2.75, 3.05) is 30.9 Å². The Bertz CT molecular complexity index is 635. The van der Waals surface area contributed by atoms with Crippen LogP contribution in [-0.2, 0) is 11.3 Å². The smallest absolute Gasteiger partial charge is 0.222 e. The minimum atomic E-state index is 0.0608. The molecule has 0 saturated heterocycles. The van der Waals surface area contributed by atoms with Gasteiger partial charge >= 0.3 is 0 Å². The first-order valence-corrected chi connectivity index (χ1v) is 7.89. The van der Waals surface area contributed by atoms with Crippen LogP contribution < -0.4 is 15.5 Å². The van der Waals surface area contributed by atoms with Gasteiger partial charge in [0.2, 0.25) is 5.91 Å². The fraction of sp³-hybridized carbons (Fsp3) is 0.316. The molecule has 0 heterocycles. The van der Waals surface area contributed by atoms with Crippen molar-refractivity contribution in [1.29, 1.82) is 0 Å². The number of nitrogens with one attached hydrogen (secondary N) is 2. The first-order chi connectivity index (χ1) is 11.1. The first-order valence-electron chi connectivity index (χ1n) is 7.89. The van der Waals surface area contributed by atoms with Crippen molar-refractivity contribution >= 4 is 17.3 Å². The van der Waals surface area contributed by atoms with Crippen molar-refractivity contribution in [3.05, 3.63) is 59.7 Å². The molecule has 1 amide bonds. The standard InChI is InChI=1S/C19H25N3O/c1-15-6-4-5-7-16(15)14-21-19(23)12-13-20-17-8-10-18(11-9-17)22(2)3/h4-11,20H,12-14H2,1-3H3,(H,21,23). The Hall–Kier alpha value is -2.49. The largest absolute Gasteiger partial charge is 0.385 e. The van der Waals surface area contributed by atoms with Crippen LogP contribution in [0.5, 0.6) is 0 Å². The fourth-order valence-corrected chi connectivity index (χ4v) is 2.29. The van der Waals surface area contributed by atoms with Crippen molar-refractivity contribution in [1.82, 2.24) is 5.32 Å². The summed E-state index contributed by atoms with van der Waals surface area (Å²) in [6.07, 6.45) is 0.460. The summed E-state index contributed by atoms with van der Waals surface area (Å²) in [7, 11) is 4.03. The van der Waals surface area contributed by atoms with E-state index in [-0.39, 0.29) is 5.91 Å². The summed E-state index contributed by atoms with van der Waals surface area (Å²) in [4.78, 5) is 14.0. The van der Waals surface area contributed by atoms with E-state index < -0.39 is 0 Å². The summed E-state index contributed by atoms with van der Waals surface area (Å²) in [5, 5.41) is 6.24. The lowest BCUT2D eigenvalue weighted by Crippen LogP contribution is -2.25. The molecule has 0 bridgehead atoms. The lowest BCUT2D eigenvalue weighted by molar-refractivity contribution is -0.121. The average Bonchev–Trinajstić information content (AvgIpc) is 2.54. The van der Waals surface area contributed by atoms with Crippen LogP contribution >= 0.6 is 0 Å². The van der Waals surface area contributed by atoms with Crippen molar-refractivity contribution in [2.45, 2.75) is 19.9 Å². The van der Waals surface area contributed by atoms with Crippen LogP contribution in [0.1, 0.15) is 17.5 Å². The molecule has 2 aromatic rings. The lowest BCUT2D eigenvalue weighted by Gasteiger charge is -2.13. The molecular formula is C19H25N3O. The van der Waals surface area contributed by atoms with Gasteiger partial charge in [0.1, 0.15) is 0 Å². The molecule has 4 nitrogen and oxygen atoms in total. The lowest BCUT2D eigenvalue weighted by atomic mass is 10.1. The molecule has 0 aliphatic rings. The van der Waals surface area contributed by atoms with E-state index in [1.165, 1.54) is 5.56 Å². The van der Waals surface area contributed by atoms with Crippen LogP contribution in [0.15, 0.2) is 48.5 Å². The highest BCUT2D eigenvalue weighted by atomic mass is 16.1. The van der Waals surface area contributed by atoms with Gasteiger partial charge < -0.3 is 15.5 Å². The first kappa shape index (κ1) is 16.9. The molecule has 0 saturated carbocycles. The van der Waals surface area contributed by atoms with Crippen LogP contribution in [0.25, 0.3) is 0 Å². The third-order valence-corrected chi connectivity index (χ3v) is 3.80. The van der Waals surface area contributed by atoms with Crippen molar-refractivity contribution in [3.63, 3.8) is 0 Å². The highest BCUT2D eigenvalue weighted by molar-refractivity contribution is 5.76. The number of rotatable bonds is 7. The van der Waals surface area contributed by atoms with Crippen LogP contribution in [0.2, 0.25) is 0 Å². The average molecular weight is 311 g/mol. The second-order valence-electron chi connectivity index (χ2n) is 5.82. The molecule has 0 unspecified atom stereocenters. The summed E-state index contributed by atoms with van der Waals surface area (Å²) < 4.78 is 0. The topological polar surface area (TPSA) is 44.4 Å². The molecule has 0 aliphatic heterocycles. The monoisotopic (exact) mass is 311 g/mol. The summed E-state index contributed by atoms with van der Waals surface area (Å²) in [6, 6.07) is 16.3. The van der Waals surface area contributed by atoms with E-state index in [1.807, 2.05) is 44.4 Å². The molecule has 0 atom stereocenters. The van der Waals surface area contributed by atoms with E-state index in [4.69, 9.17) is 0 Å². The van der Waals surface area contributed by atoms with Crippen LogP contribution in [0, 0.1) is 6.92 Å². The quantitative estimate of drug-likeness (QED) is 0.825. The van der Waals surface area contributed by atoms with E-state index in [0.29, 0.717) is 19.5 Å². The zero-order valence-corrected chi connectivity index (χ0v) is 14.1. The normalized spacial score (nSPS) is 10.2. The third kappa shape index (κ3) is 5.33. The van der Waals surface area contributed by atoms with Gasteiger partial charge in [0.05, 0.1) is 0 Å². The number of carbonyl (C=O) groups excluding carboxylic acids is 1. The Kier molecular flexibility index (Phi) is 6.03. The zero-order valence-electron chi connectivity index (χ0n) is 14.1. The van der Waals surface area contributed by atoms with Crippen molar-refractivity contribution in [2.24, 2.45) is 0 Å². The summed E-state index contributed by atoms with van der Waals surface area (Å²) in [5.41, 5.74) is 4.55. The molecule has 4 heteroatoms. The second kappa shape index (κ2) is 8.22. The van der Waals surface area contributed by atoms with Crippen molar-refractivity contribution in [3.8, 4) is 0 Å². The predicted octanol–water partition coefficient (Wildman–Crippen LogP) is 3.18. The number of benzene rings is 2. The van der Waals surface area contributed by atoms with E-state index in [1.54, 1.807) is 0 Å². The minimum Gasteiger partial charge on any atom is -0.385 e. The van der Waals surface area contributed by atoms with Gasteiger partial charge in [0.25, 0.3) is 0 Å². The Balaban J connectivity index is 1.71. The Morgan fingerprint density at radius 2 is 1.74 bits per heavy atom. The molecular weight excluding hydrogens is 286 g/mol. The highest BCUT2D eigenvalue weighted by Crippen LogP contribution is 2.15. The molecule has 2 aromatic carbocycles. The molecule has 23 heavy (non-hydrogen) atoms. The van der Waals surface area contributed by atoms with Crippen LogP contribution in [0.4, 0.5) is 11.4 Å². The zero-order chi connectivity index (χ0) is 16.7. The van der Waals surface area contributed by atoms with E-state index in [0.717, 1.165) is 16.9 Å².